The van der Waals surface area contributed by atoms with Crippen LogP contribution in [0.1, 0.15) is 29.8 Å². The van der Waals surface area contributed by atoms with Crippen molar-refractivity contribution in [1.29, 1.82) is 0 Å². The number of nitrogens with zero attached hydrogens (tertiary/aromatic N) is 3. The van der Waals surface area contributed by atoms with Crippen LogP contribution in [-0.2, 0) is 19.5 Å². The Kier molecular flexibility index (Phi) is 7.21. The molecule has 31 heavy (non-hydrogen) atoms. The van der Waals surface area contributed by atoms with Gasteiger partial charge in [0.1, 0.15) is 11.6 Å². The van der Waals surface area contributed by atoms with Crippen molar-refractivity contribution in [3.8, 4) is 5.75 Å². The lowest BCUT2D eigenvalue weighted by molar-refractivity contribution is 0.296. The summed E-state index contributed by atoms with van der Waals surface area (Å²) in [6.45, 7) is 3.08. The van der Waals surface area contributed by atoms with Gasteiger partial charge in [0, 0.05) is 51.1 Å². The second-order valence-corrected chi connectivity index (χ2v) is 7.92. The van der Waals surface area contributed by atoms with E-state index in [0.29, 0.717) is 6.54 Å². The van der Waals surface area contributed by atoms with Crippen LogP contribution in [0.4, 0.5) is 0 Å². The highest BCUT2D eigenvalue weighted by Crippen LogP contribution is 2.30. The molecule has 2 N–H and O–H groups in total. The summed E-state index contributed by atoms with van der Waals surface area (Å²) in [7, 11) is 1.79. The molecule has 6 heteroatoms. The Morgan fingerprint density at radius 3 is 2.71 bits per heavy atom. The second kappa shape index (κ2) is 10.7. The predicted octanol–water partition coefficient (Wildman–Crippen LogP) is 3.63. The van der Waals surface area contributed by atoms with E-state index in [1.807, 2.05) is 36.7 Å². The molecule has 1 aliphatic carbocycles. The van der Waals surface area contributed by atoms with Gasteiger partial charge < -0.3 is 19.9 Å². The molecule has 6 nitrogen and oxygen atoms in total. The number of rotatable bonds is 10. The van der Waals surface area contributed by atoms with Gasteiger partial charge in [-0.05, 0) is 30.4 Å². The first-order valence-corrected chi connectivity index (χ1v) is 11.0. The largest absolute Gasteiger partial charge is 0.493 e. The summed E-state index contributed by atoms with van der Waals surface area (Å²) in [5.74, 6) is 3.54. The molecule has 3 aromatic rings. The molecule has 4 rings (SSSR count). The third-order valence-electron chi connectivity index (χ3n) is 5.45. The molecule has 1 fully saturated rings. The van der Waals surface area contributed by atoms with Gasteiger partial charge in [-0.1, -0.05) is 48.5 Å². The Hall–Kier alpha value is -3.28. The third-order valence-corrected chi connectivity index (χ3v) is 5.45. The van der Waals surface area contributed by atoms with Gasteiger partial charge in [0.2, 0.25) is 0 Å². The number of aromatic nitrogens is 2. The molecule has 0 amide bonds. The van der Waals surface area contributed by atoms with Gasteiger partial charge >= 0.3 is 0 Å². The minimum absolute atomic E-state index is 0.670. The summed E-state index contributed by atoms with van der Waals surface area (Å²) in [5, 5.41) is 6.79. The van der Waals surface area contributed by atoms with Crippen molar-refractivity contribution in [2.75, 3.05) is 20.2 Å². The zero-order valence-corrected chi connectivity index (χ0v) is 18.1. The highest BCUT2D eigenvalue weighted by molar-refractivity contribution is 5.79. The molecule has 0 atom stereocenters. The Morgan fingerprint density at radius 2 is 1.90 bits per heavy atom. The fourth-order valence-electron chi connectivity index (χ4n) is 3.47. The Morgan fingerprint density at radius 1 is 1.10 bits per heavy atom. The minimum Gasteiger partial charge on any atom is -0.493 e. The number of ether oxygens (including phenoxy) is 1. The molecule has 0 saturated heterocycles. The highest BCUT2D eigenvalue weighted by atomic mass is 16.5. The van der Waals surface area contributed by atoms with Crippen LogP contribution in [0.15, 0.2) is 72.0 Å². The monoisotopic (exact) mass is 417 g/mol. The van der Waals surface area contributed by atoms with Crippen molar-refractivity contribution in [1.82, 2.24) is 20.2 Å². The van der Waals surface area contributed by atoms with Crippen molar-refractivity contribution >= 4 is 5.96 Å². The van der Waals surface area contributed by atoms with E-state index in [1.54, 1.807) is 7.05 Å². The summed E-state index contributed by atoms with van der Waals surface area (Å²) in [6.07, 6.45) is 7.31. The lowest BCUT2D eigenvalue weighted by atomic mass is 10.2. The molecule has 1 saturated carbocycles. The number of aliphatic imine (C=N–C) groups is 1. The molecule has 1 heterocycles. The lowest BCUT2D eigenvalue weighted by Gasteiger charge is -2.15. The molecule has 1 aromatic heterocycles. The van der Waals surface area contributed by atoms with E-state index in [4.69, 9.17) is 4.74 Å². The smallest absolute Gasteiger partial charge is 0.191 e. The van der Waals surface area contributed by atoms with Crippen molar-refractivity contribution in [3.05, 3.63) is 83.9 Å². The molecule has 162 valence electrons. The standard InChI is InChI=1S/C25H31N5O/c1-26-25(29-17-22-9-5-6-10-23(22)31-19-21-11-12-21)28-14-13-24-27-15-16-30(24)18-20-7-3-2-4-8-20/h2-10,15-16,21H,11-14,17-19H2,1H3,(H2,26,28,29). The third kappa shape index (κ3) is 6.35. The average Bonchev–Trinajstić information content (AvgIpc) is 3.54. The maximum atomic E-state index is 6.01. The number of imidazole rings is 1. The van der Waals surface area contributed by atoms with Gasteiger partial charge in [0.15, 0.2) is 5.96 Å². The number of para-hydroxylation sites is 1. The maximum Gasteiger partial charge on any atom is 0.191 e. The molecule has 0 aliphatic heterocycles. The number of hydrogen-bond donors (Lipinski definition) is 2. The van der Waals surface area contributed by atoms with Crippen LogP contribution in [0.3, 0.4) is 0 Å². The lowest BCUT2D eigenvalue weighted by Crippen LogP contribution is -2.38. The average molecular weight is 418 g/mol. The van der Waals surface area contributed by atoms with Gasteiger partial charge in [0.25, 0.3) is 0 Å². The van der Waals surface area contributed by atoms with Crippen molar-refractivity contribution < 1.29 is 4.74 Å². The molecule has 2 aromatic carbocycles. The van der Waals surface area contributed by atoms with E-state index in [1.165, 1.54) is 18.4 Å². The summed E-state index contributed by atoms with van der Waals surface area (Å²) >= 11 is 0. The molecule has 0 bridgehead atoms. The number of guanidine groups is 1. The van der Waals surface area contributed by atoms with Gasteiger partial charge in [-0.2, -0.15) is 0 Å². The van der Waals surface area contributed by atoms with Gasteiger partial charge in [-0.25, -0.2) is 4.98 Å². The summed E-state index contributed by atoms with van der Waals surface area (Å²) < 4.78 is 8.20. The Bertz CT molecular complexity index is 978. The Labute approximate surface area is 184 Å². The first kappa shape index (κ1) is 21.0. The predicted molar refractivity (Wildman–Crippen MR) is 124 cm³/mol. The van der Waals surface area contributed by atoms with Crippen molar-refractivity contribution in [2.45, 2.75) is 32.4 Å². The summed E-state index contributed by atoms with van der Waals surface area (Å²) in [5.41, 5.74) is 2.42. The summed E-state index contributed by atoms with van der Waals surface area (Å²) in [4.78, 5) is 8.88. The van der Waals surface area contributed by atoms with Gasteiger partial charge in [-0.15, -0.1) is 0 Å². The Balaban J connectivity index is 1.25. The van der Waals surface area contributed by atoms with E-state index in [0.717, 1.165) is 55.1 Å². The molecule has 0 spiro atoms. The topological polar surface area (TPSA) is 63.5 Å². The van der Waals surface area contributed by atoms with Crippen LogP contribution in [0.25, 0.3) is 0 Å². The molecule has 1 aliphatic rings. The first-order valence-electron chi connectivity index (χ1n) is 11.0. The van der Waals surface area contributed by atoms with Crippen LogP contribution >= 0.6 is 0 Å². The highest BCUT2D eigenvalue weighted by Gasteiger charge is 2.22. The quantitative estimate of drug-likeness (QED) is 0.391. The normalized spacial score (nSPS) is 13.8. The first-order chi connectivity index (χ1) is 15.3. The van der Waals surface area contributed by atoms with Crippen LogP contribution in [0.5, 0.6) is 5.75 Å². The van der Waals surface area contributed by atoms with Crippen LogP contribution in [0, 0.1) is 5.92 Å². The SMILES string of the molecule is CN=C(NCCc1nccn1Cc1ccccc1)NCc1ccccc1OCC1CC1. The van der Waals surface area contributed by atoms with E-state index in [9.17, 15) is 0 Å². The van der Waals surface area contributed by atoms with Crippen LogP contribution < -0.4 is 15.4 Å². The molecule has 0 unspecified atom stereocenters. The van der Waals surface area contributed by atoms with Crippen molar-refractivity contribution in [3.63, 3.8) is 0 Å². The van der Waals surface area contributed by atoms with E-state index >= 15 is 0 Å². The fraction of sp³-hybridized carbons (Fsp3) is 0.360. The zero-order valence-electron chi connectivity index (χ0n) is 18.1. The summed E-state index contributed by atoms with van der Waals surface area (Å²) in [6, 6.07) is 18.7. The van der Waals surface area contributed by atoms with E-state index in [2.05, 4.69) is 55.5 Å². The minimum atomic E-state index is 0.670. The maximum absolute atomic E-state index is 6.01. The van der Waals surface area contributed by atoms with Gasteiger partial charge in [0.05, 0.1) is 6.61 Å². The van der Waals surface area contributed by atoms with Crippen LogP contribution in [-0.4, -0.2) is 35.7 Å². The van der Waals surface area contributed by atoms with Gasteiger partial charge in [-0.3, -0.25) is 4.99 Å². The van der Waals surface area contributed by atoms with E-state index < -0.39 is 0 Å². The number of benzene rings is 2. The molecular formula is C25H31N5O. The van der Waals surface area contributed by atoms with Crippen LogP contribution in [0.2, 0.25) is 0 Å². The molecule has 0 radical (unpaired) electrons. The number of hydrogen-bond acceptors (Lipinski definition) is 3. The zero-order chi connectivity index (χ0) is 21.3. The second-order valence-electron chi connectivity index (χ2n) is 7.92. The van der Waals surface area contributed by atoms with Crippen molar-refractivity contribution in [2.24, 2.45) is 10.9 Å². The number of nitrogens with one attached hydrogen (secondary N) is 2. The fourth-order valence-corrected chi connectivity index (χ4v) is 3.47. The molecular weight excluding hydrogens is 386 g/mol. The van der Waals surface area contributed by atoms with E-state index in [-0.39, 0.29) is 0 Å².